The lowest BCUT2D eigenvalue weighted by Gasteiger charge is -1.93. The van der Waals surface area contributed by atoms with Gasteiger partial charge in [0.1, 0.15) is 0 Å². The van der Waals surface area contributed by atoms with Crippen LogP contribution in [-0.2, 0) is 0 Å². The zero-order chi connectivity index (χ0) is 17.9. The van der Waals surface area contributed by atoms with Crippen molar-refractivity contribution in [2.45, 2.75) is 0 Å². The first-order valence-corrected chi connectivity index (χ1v) is 9.17. The summed E-state index contributed by atoms with van der Waals surface area (Å²) < 4.78 is 4.58. The van der Waals surface area contributed by atoms with Gasteiger partial charge in [-0.05, 0) is 41.3 Å². The van der Waals surface area contributed by atoms with Crippen LogP contribution in [0.15, 0.2) is 120 Å². The molecule has 0 aliphatic rings. The van der Waals surface area contributed by atoms with Crippen molar-refractivity contribution in [1.29, 1.82) is 0 Å². The summed E-state index contributed by atoms with van der Waals surface area (Å²) in [5.41, 5.74) is 2.37. The van der Waals surface area contributed by atoms with E-state index < -0.39 is 0 Å². The van der Waals surface area contributed by atoms with Crippen LogP contribution in [0.4, 0.5) is 0 Å². The number of pyridine rings is 1. The summed E-state index contributed by atoms with van der Waals surface area (Å²) >= 11 is 1.78. The van der Waals surface area contributed by atoms with Gasteiger partial charge in [-0.25, -0.2) is 0 Å². The first kappa shape index (κ1) is 17.6. The first-order chi connectivity index (χ1) is 12.9. The predicted molar refractivity (Wildman–Crippen MR) is 110 cm³/mol. The van der Waals surface area contributed by atoms with Crippen LogP contribution < -0.4 is 0 Å². The molecule has 0 aliphatic carbocycles. The third-order valence-electron chi connectivity index (χ3n) is 3.52. The maximum absolute atomic E-state index is 4.58. The summed E-state index contributed by atoms with van der Waals surface area (Å²) in [5, 5.41) is 3.30. The molecule has 3 heterocycles. The third kappa shape index (κ3) is 5.43. The van der Waals surface area contributed by atoms with E-state index >= 15 is 0 Å². The molecule has 5 aromatic rings. The lowest BCUT2D eigenvalue weighted by molar-refractivity contribution is 0.567. The van der Waals surface area contributed by atoms with Crippen molar-refractivity contribution < 1.29 is 4.42 Å². The minimum atomic E-state index is 1.06. The summed E-state index contributed by atoms with van der Waals surface area (Å²) in [6.45, 7) is 0. The van der Waals surface area contributed by atoms with Crippen LogP contribution in [0, 0.1) is 0 Å². The van der Waals surface area contributed by atoms with Gasteiger partial charge in [-0.1, -0.05) is 60.7 Å². The highest BCUT2D eigenvalue weighted by atomic mass is 32.1. The van der Waals surface area contributed by atoms with Gasteiger partial charge in [-0.15, -0.1) is 11.3 Å². The van der Waals surface area contributed by atoms with Crippen molar-refractivity contribution in [3.63, 3.8) is 0 Å². The smallest absolute Gasteiger partial charge is 0.0902 e. The number of aromatic nitrogens is 1. The lowest BCUT2D eigenvalue weighted by Crippen LogP contribution is -1.73. The highest BCUT2D eigenvalue weighted by Gasteiger charge is 1.94. The number of hydrogen-bond acceptors (Lipinski definition) is 3. The number of furan rings is 1. The second kappa shape index (κ2) is 9.97. The highest BCUT2D eigenvalue weighted by molar-refractivity contribution is 7.13. The van der Waals surface area contributed by atoms with E-state index in [0.717, 1.165) is 5.52 Å². The number of nitrogens with zero attached hydrogens (tertiary/aromatic N) is 1. The number of para-hydroxylation sites is 1. The van der Waals surface area contributed by atoms with Crippen LogP contribution in [0.5, 0.6) is 0 Å². The van der Waals surface area contributed by atoms with Crippen LogP contribution in [0.3, 0.4) is 0 Å². The van der Waals surface area contributed by atoms with Gasteiger partial charge in [0, 0.05) is 16.5 Å². The molecule has 2 aromatic carbocycles. The Morgan fingerprint density at radius 2 is 1.38 bits per heavy atom. The molecular formula is C23H19NOS. The predicted octanol–water partition coefficient (Wildman–Crippen LogP) is 6.93. The molecule has 0 saturated carbocycles. The van der Waals surface area contributed by atoms with Crippen LogP contribution in [-0.4, -0.2) is 4.98 Å². The molecular weight excluding hydrogens is 338 g/mol. The molecule has 0 saturated heterocycles. The fraction of sp³-hybridized carbons (Fsp3) is 0. The summed E-state index contributed by atoms with van der Waals surface area (Å²) in [5.74, 6) is 0. The molecule has 128 valence electrons. The molecule has 5 rings (SSSR count). The summed E-state index contributed by atoms with van der Waals surface area (Å²) in [4.78, 5) is 5.52. The Bertz CT molecular complexity index is 895. The second-order valence-corrected chi connectivity index (χ2v) is 6.28. The molecule has 0 spiro atoms. The van der Waals surface area contributed by atoms with Gasteiger partial charge in [0.25, 0.3) is 0 Å². The Morgan fingerprint density at radius 1 is 0.654 bits per heavy atom. The van der Waals surface area contributed by atoms with E-state index in [-0.39, 0.29) is 0 Å². The van der Waals surface area contributed by atoms with Crippen molar-refractivity contribution in [3.8, 4) is 10.4 Å². The Labute approximate surface area is 157 Å². The molecule has 0 aliphatic heterocycles. The Balaban J connectivity index is 0.000000121. The average Bonchev–Trinajstić information content (AvgIpc) is 3.46. The monoisotopic (exact) mass is 357 g/mol. The number of thiophene rings is 1. The van der Waals surface area contributed by atoms with E-state index in [4.69, 9.17) is 0 Å². The van der Waals surface area contributed by atoms with Gasteiger partial charge in [-0.2, -0.15) is 0 Å². The largest absolute Gasteiger partial charge is 0.473 e. The zero-order valence-corrected chi connectivity index (χ0v) is 15.0. The molecule has 3 heteroatoms. The van der Waals surface area contributed by atoms with E-state index in [9.17, 15) is 0 Å². The van der Waals surface area contributed by atoms with E-state index in [1.807, 2.05) is 48.7 Å². The summed E-state index contributed by atoms with van der Waals surface area (Å²) in [6, 6.07) is 30.4. The van der Waals surface area contributed by atoms with Gasteiger partial charge in [0.15, 0.2) is 0 Å². The van der Waals surface area contributed by atoms with Crippen LogP contribution in [0.25, 0.3) is 21.3 Å². The minimum Gasteiger partial charge on any atom is -0.473 e. The Hall–Kier alpha value is -3.17. The minimum absolute atomic E-state index is 1.06. The normalized spacial score (nSPS) is 9.54. The van der Waals surface area contributed by atoms with Crippen LogP contribution in [0.1, 0.15) is 0 Å². The van der Waals surface area contributed by atoms with Crippen LogP contribution >= 0.6 is 11.3 Å². The number of rotatable bonds is 1. The van der Waals surface area contributed by atoms with Crippen molar-refractivity contribution in [2.75, 3.05) is 0 Å². The standard InChI is InChI=1S/C10H8S.C9H7N.C4H4O/c1-2-5-9(6-3-1)10-7-4-8-11-10;1-2-6-9-8(4-1)5-3-7-10-9;1-2-4-5-3-1/h1-8H;1-7H;1-4H. The van der Waals surface area contributed by atoms with Gasteiger partial charge in [-0.3, -0.25) is 4.98 Å². The molecule has 0 fully saturated rings. The van der Waals surface area contributed by atoms with E-state index in [1.165, 1.54) is 15.8 Å². The van der Waals surface area contributed by atoms with E-state index in [2.05, 4.69) is 63.3 Å². The third-order valence-corrected chi connectivity index (χ3v) is 4.44. The van der Waals surface area contributed by atoms with Gasteiger partial charge < -0.3 is 4.42 Å². The lowest BCUT2D eigenvalue weighted by atomic mass is 10.2. The van der Waals surface area contributed by atoms with E-state index in [1.54, 1.807) is 23.9 Å². The molecule has 0 radical (unpaired) electrons. The second-order valence-electron chi connectivity index (χ2n) is 5.33. The molecule has 2 nitrogen and oxygen atoms in total. The quantitative estimate of drug-likeness (QED) is 0.325. The topological polar surface area (TPSA) is 26.0 Å². The van der Waals surface area contributed by atoms with Crippen molar-refractivity contribution in [2.24, 2.45) is 0 Å². The molecule has 0 atom stereocenters. The van der Waals surface area contributed by atoms with Crippen LogP contribution in [0.2, 0.25) is 0 Å². The maximum Gasteiger partial charge on any atom is 0.0902 e. The van der Waals surface area contributed by atoms with Gasteiger partial charge >= 0.3 is 0 Å². The molecule has 0 N–H and O–H groups in total. The van der Waals surface area contributed by atoms with Crippen molar-refractivity contribution in [1.82, 2.24) is 4.98 Å². The molecule has 0 unspecified atom stereocenters. The van der Waals surface area contributed by atoms with Gasteiger partial charge in [0.05, 0.1) is 18.0 Å². The zero-order valence-electron chi connectivity index (χ0n) is 14.2. The fourth-order valence-corrected chi connectivity index (χ4v) is 3.02. The molecule has 0 bridgehead atoms. The van der Waals surface area contributed by atoms with Gasteiger partial charge in [0.2, 0.25) is 0 Å². The number of fused-ring (bicyclic) bond motifs is 1. The number of hydrogen-bond donors (Lipinski definition) is 0. The SMILES string of the molecule is c1ccc(-c2cccs2)cc1.c1ccc2ncccc2c1.c1ccoc1. The number of benzene rings is 2. The highest BCUT2D eigenvalue weighted by Crippen LogP contribution is 2.23. The molecule has 3 aromatic heterocycles. The first-order valence-electron chi connectivity index (χ1n) is 8.29. The summed E-state index contributed by atoms with van der Waals surface area (Å²) in [7, 11) is 0. The van der Waals surface area contributed by atoms with E-state index in [0.29, 0.717) is 0 Å². The maximum atomic E-state index is 4.58. The fourth-order valence-electron chi connectivity index (χ4n) is 2.29. The Kier molecular flexibility index (Phi) is 6.76. The van der Waals surface area contributed by atoms with Crippen molar-refractivity contribution in [3.05, 3.63) is 115 Å². The summed E-state index contributed by atoms with van der Waals surface area (Å²) in [6.07, 6.45) is 5.06. The molecule has 26 heavy (non-hydrogen) atoms. The van der Waals surface area contributed by atoms with Crippen molar-refractivity contribution >= 4 is 22.2 Å². The average molecular weight is 357 g/mol. The Morgan fingerprint density at radius 3 is 2.04 bits per heavy atom. The molecule has 0 amide bonds.